The topological polar surface area (TPSA) is 79.8 Å². The number of hydrogen-bond donors (Lipinski definition) is 0. The number of amides is 1. The number of morpholine rings is 1. The molecule has 0 spiro atoms. The minimum absolute atomic E-state index is 0.179. The van der Waals surface area contributed by atoms with Crippen molar-refractivity contribution in [3.8, 4) is 0 Å². The maximum absolute atomic E-state index is 13.2. The average molecular weight is 472 g/mol. The van der Waals surface area contributed by atoms with Crippen LogP contribution in [0, 0.1) is 0 Å². The fourth-order valence-electron chi connectivity index (χ4n) is 3.51. The zero-order valence-corrected chi connectivity index (χ0v) is 19.4. The number of hydrogen-bond acceptors (Lipinski definition) is 7. The van der Waals surface area contributed by atoms with Crippen LogP contribution < -0.4 is 4.90 Å². The third-order valence-electron chi connectivity index (χ3n) is 5.23. The number of rotatable bonds is 7. The van der Waals surface area contributed by atoms with Crippen LogP contribution in [0.2, 0.25) is 0 Å². The molecule has 1 saturated heterocycles. The number of carbonyl (C=O) groups excluding carboxylic acids is 1. The van der Waals surface area contributed by atoms with E-state index in [0.717, 1.165) is 23.4 Å². The van der Waals surface area contributed by atoms with Gasteiger partial charge in [0.2, 0.25) is 0 Å². The first-order valence-corrected chi connectivity index (χ1v) is 13.1. The summed E-state index contributed by atoms with van der Waals surface area (Å²) in [6.07, 6.45) is 4.49. The molecule has 1 aliphatic rings. The second-order valence-corrected chi connectivity index (χ2v) is 10.6. The minimum atomic E-state index is -3.43. The molecule has 0 radical (unpaired) electrons. The number of sulfone groups is 1. The molecule has 0 unspecified atom stereocenters. The number of fused-ring (bicyclic) bond motifs is 1. The molecule has 1 aromatic heterocycles. The Hall–Kier alpha value is -2.59. The first-order valence-electron chi connectivity index (χ1n) is 10.4. The number of ether oxygens (including phenoxy) is 1. The Kier molecular flexibility index (Phi) is 7.00. The van der Waals surface area contributed by atoms with E-state index in [1.54, 1.807) is 23.1 Å². The maximum atomic E-state index is 13.2. The van der Waals surface area contributed by atoms with Gasteiger partial charge in [0.1, 0.15) is 5.52 Å². The highest BCUT2D eigenvalue weighted by Gasteiger charge is 2.22. The van der Waals surface area contributed by atoms with Crippen LogP contribution in [-0.2, 0) is 19.4 Å². The summed E-state index contributed by atoms with van der Waals surface area (Å²) < 4.78 is 30.6. The zero-order valence-electron chi connectivity index (χ0n) is 17.8. The van der Waals surface area contributed by atoms with E-state index in [9.17, 15) is 13.2 Å². The summed E-state index contributed by atoms with van der Waals surface area (Å²) in [4.78, 5) is 21.8. The van der Waals surface area contributed by atoms with Gasteiger partial charge in [0, 0.05) is 38.5 Å². The molecular formula is C23H25N3O4S2. The van der Waals surface area contributed by atoms with Crippen LogP contribution in [0.3, 0.4) is 0 Å². The van der Waals surface area contributed by atoms with E-state index in [1.807, 2.05) is 36.4 Å². The third-order valence-corrected chi connectivity index (χ3v) is 7.40. The highest BCUT2D eigenvalue weighted by Crippen LogP contribution is 2.32. The van der Waals surface area contributed by atoms with Crippen LogP contribution in [0.15, 0.2) is 59.5 Å². The van der Waals surface area contributed by atoms with E-state index in [-0.39, 0.29) is 10.8 Å². The van der Waals surface area contributed by atoms with E-state index in [0.29, 0.717) is 37.0 Å². The molecule has 4 rings (SSSR count). The Balaban J connectivity index is 1.65. The quantitative estimate of drug-likeness (QED) is 0.493. The lowest BCUT2D eigenvalue weighted by atomic mass is 10.2. The van der Waals surface area contributed by atoms with Crippen molar-refractivity contribution in [2.24, 2.45) is 0 Å². The molecule has 1 amide bonds. The highest BCUT2D eigenvalue weighted by atomic mass is 32.2. The Labute approximate surface area is 191 Å². The largest absolute Gasteiger partial charge is 0.379 e. The van der Waals surface area contributed by atoms with Crippen molar-refractivity contribution in [2.45, 2.75) is 4.90 Å². The summed E-state index contributed by atoms with van der Waals surface area (Å²) in [6.45, 7) is 4.14. The first kappa shape index (κ1) is 22.6. The fourth-order valence-corrected chi connectivity index (χ4v) is 5.44. The van der Waals surface area contributed by atoms with Gasteiger partial charge in [0.05, 0.1) is 22.8 Å². The summed E-state index contributed by atoms with van der Waals surface area (Å²) in [5.74, 6) is -0.193. The Morgan fingerprint density at radius 1 is 1.16 bits per heavy atom. The Morgan fingerprint density at radius 3 is 2.62 bits per heavy atom. The van der Waals surface area contributed by atoms with Gasteiger partial charge in [-0.25, -0.2) is 13.4 Å². The number of carbonyl (C=O) groups is 1. The summed E-state index contributed by atoms with van der Waals surface area (Å²) in [7, 11) is -3.43. The van der Waals surface area contributed by atoms with E-state index in [1.165, 1.54) is 23.7 Å². The number of anilines is 1. The van der Waals surface area contributed by atoms with E-state index >= 15 is 0 Å². The molecule has 1 aliphatic heterocycles. The molecule has 7 nitrogen and oxygen atoms in total. The monoisotopic (exact) mass is 471 g/mol. The molecule has 0 atom stereocenters. The second kappa shape index (κ2) is 9.91. The number of aromatic nitrogens is 1. The number of thiazole rings is 1. The van der Waals surface area contributed by atoms with Crippen molar-refractivity contribution in [3.63, 3.8) is 0 Å². The molecule has 9 heteroatoms. The van der Waals surface area contributed by atoms with Crippen LogP contribution in [-0.4, -0.2) is 69.9 Å². The van der Waals surface area contributed by atoms with Gasteiger partial charge >= 0.3 is 0 Å². The number of para-hydroxylation sites is 1. The van der Waals surface area contributed by atoms with Crippen LogP contribution in [0.1, 0.15) is 5.56 Å². The molecule has 0 N–H and O–H groups in total. The predicted octanol–water partition coefficient (Wildman–Crippen LogP) is 3.08. The van der Waals surface area contributed by atoms with Crippen molar-refractivity contribution in [3.05, 3.63) is 60.2 Å². The Morgan fingerprint density at radius 2 is 1.91 bits per heavy atom. The van der Waals surface area contributed by atoms with Crippen molar-refractivity contribution in [1.82, 2.24) is 9.88 Å². The number of nitrogens with zero attached hydrogens (tertiary/aromatic N) is 3. The molecule has 32 heavy (non-hydrogen) atoms. The SMILES string of the molecule is CS(=O)(=O)c1cccc2sc(N(CCN3CCOCC3)C(=O)C=Cc3ccccc3)nc12. The number of benzene rings is 2. The normalized spacial score (nSPS) is 15.4. The molecule has 3 aromatic rings. The predicted molar refractivity (Wildman–Crippen MR) is 128 cm³/mol. The molecule has 0 bridgehead atoms. The summed E-state index contributed by atoms with van der Waals surface area (Å²) in [5, 5.41) is 0.493. The van der Waals surface area contributed by atoms with Crippen LogP contribution in [0.25, 0.3) is 16.3 Å². The molecule has 0 saturated carbocycles. The maximum Gasteiger partial charge on any atom is 0.252 e. The van der Waals surface area contributed by atoms with Gasteiger partial charge in [-0.1, -0.05) is 47.7 Å². The fraction of sp³-hybridized carbons (Fsp3) is 0.304. The molecule has 0 aliphatic carbocycles. The average Bonchev–Trinajstić information content (AvgIpc) is 3.22. The first-order chi connectivity index (χ1) is 15.4. The molecule has 168 valence electrons. The van der Waals surface area contributed by atoms with E-state index in [4.69, 9.17) is 4.74 Å². The second-order valence-electron chi connectivity index (χ2n) is 7.56. The van der Waals surface area contributed by atoms with E-state index in [2.05, 4.69) is 9.88 Å². The summed E-state index contributed by atoms with van der Waals surface area (Å²) in [6, 6.07) is 14.7. The van der Waals surface area contributed by atoms with Gasteiger partial charge in [-0.05, 0) is 23.8 Å². The van der Waals surface area contributed by atoms with Crippen LogP contribution >= 0.6 is 11.3 Å². The van der Waals surface area contributed by atoms with Gasteiger partial charge in [0.25, 0.3) is 5.91 Å². The molecule has 2 aromatic carbocycles. The lowest BCUT2D eigenvalue weighted by Gasteiger charge is -2.28. The van der Waals surface area contributed by atoms with Gasteiger partial charge in [-0.2, -0.15) is 0 Å². The third kappa shape index (κ3) is 5.42. The van der Waals surface area contributed by atoms with Crippen molar-refractivity contribution in [1.29, 1.82) is 0 Å². The van der Waals surface area contributed by atoms with Gasteiger partial charge in [0.15, 0.2) is 15.0 Å². The van der Waals surface area contributed by atoms with Crippen LogP contribution in [0.4, 0.5) is 5.13 Å². The van der Waals surface area contributed by atoms with Crippen molar-refractivity contribution < 1.29 is 17.9 Å². The highest BCUT2D eigenvalue weighted by molar-refractivity contribution is 7.91. The van der Waals surface area contributed by atoms with Crippen molar-refractivity contribution in [2.75, 3.05) is 50.5 Å². The van der Waals surface area contributed by atoms with Gasteiger partial charge in [-0.3, -0.25) is 14.6 Å². The minimum Gasteiger partial charge on any atom is -0.379 e. The van der Waals surface area contributed by atoms with E-state index < -0.39 is 9.84 Å². The van der Waals surface area contributed by atoms with Gasteiger partial charge in [-0.15, -0.1) is 0 Å². The lowest BCUT2D eigenvalue weighted by molar-refractivity contribution is -0.114. The smallest absolute Gasteiger partial charge is 0.252 e. The van der Waals surface area contributed by atoms with Crippen molar-refractivity contribution >= 4 is 48.5 Å². The summed E-state index contributed by atoms with van der Waals surface area (Å²) >= 11 is 1.32. The lowest BCUT2D eigenvalue weighted by Crippen LogP contribution is -2.42. The standard InChI is InChI=1S/C23H25N3O4S2/c1-32(28,29)20-9-5-8-19-22(20)24-23(31-19)26(13-12-25-14-16-30-17-15-25)21(27)11-10-18-6-3-2-4-7-18/h2-11H,12-17H2,1H3. The van der Waals surface area contributed by atoms with Crippen LogP contribution in [0.5, 0.6) is 0 Å². The molecule has 1 fully saturated rings. The van der Waals surface area contributed by atoms with Gasteiger partial charge < -0.3 is 4.74 Å². The summed E-state index contributed by atoms with van der Waals surface area (Å²) in [5.41, 5.74) is 1.34. The molecular weight excluding hydrogens is 446 g/mol. The zero-order chi connectivity index (χ0) is 22.6. The Bertz CT molecular complexity index is 1220. The molecule has 2 heterocycles.